The Kier molecular flexibility index (Phi) is 2.42. The molecule has 1 aliphatic carbocycles. The highest BCUT2D eigenvalue weighted by Crippen LogP contribution is 2.27. The monoisotopic (exact) mass is 263 g/mol. The van der Waals surface area contributed by atoms with Crippen LogP contribution in [0.1, 0.15) is 17.7 Å². The van der Waals surface area contributed by atoms with Crippen molar-refractivity contribution in [1.82, 2.24) is 15.0 Å². The second-order valence-corrected chi connectivity index (χ2v) is 5.12. The van der Waals surface area contributed by atoms with Gasteiger partial charge in [0.25, 0.3) is 0 Å². The summed E-state index contributed by atoms with van der Waals surface area (Å²) in [7, 11) is 0. The zero-order valence-electron chi connectivity index (χ0n) is 10.9. The number of fused-ring (bicyclic) bond motifs is 3. The Morgan fingerprint density at radius 3 is 2.80 bits per heavy atom. The number of aromatic nitrogens is 3. The lowest BCUT2D eigenvalue weighted by Gasteiger charge is -2.09. The molecule has 20 heavy (non-hydrogen) atoms. The van der Waals surface area contributed by atoms with Gasteiger partial charge in [-0.3, -0.25) is 4.79 Å². The van der Waals surface area contributed by atoms with Gasteiger partial charge in [-0.1, -0.05) is 30.3 Å². The summed E-state index contributed by atoms with van der Waals surface area (Å²) in [5, 5.41) is 0. The van der Waals surface area contributed by atoms with Gasteiger partial charge >= 0.3 is 0 Å². The third kappa shape index (κ3) is 1.72. The van der Waals surface area contributed by atoms with Crippen molar-refractivity contribution in [2.24, 2.45) is 0 Å². The number of hydrogen-bond acceptors (Lipinski definition) is 3. The molecule has 1 aromatic carbocycles. The average Bonchev–Trinajstić information content (AvgIpc) is 2.85. The van der Waals surface area contributed by atoms with E-state index in [0.717, 1.165) is 34.3 Å². The largest absolute Gasteiger partial charge is 0.356 e. The van der Waals surface area contributed by atoms with Crippen LogP contribution in [0.25, 0.3) is 22.4 Å². The van der Waals surface area contributed by atoms with E-state index in [9.17, 15) is 4.79 Å². The zero-order valence-corrected chi connectivity index (χ0v) is 10.9. The van der Waals surface area contributed by atoms with Crippen molar-refractivity contribution in [3.63, 3.8) is 0 Å². The van der Waals surface area contributed by atoms with Crippen LogP contribution in [-0.4, -0.2) is 20.7 Å². The molecule has 4 rings (SSSR count). The van der Waals surface area contributed by atoms with E-state index in [2.05, 4.69) is 15.0 Å². The number of benzene rings is 1. The van der Waals surface area contributed by atoms with E-state index < -0.39 is 0 Å². The molecular formula is C16H13N3O. The maximum Gasteiger partial charge on any atom is 0.159 e. The molecule has 0 aliphatic heterocycles. The Bertz CT molecular complexity index is 805. The Balaban J connectivity index is 1.91. The van der Waals surface area contributed by atoms with Crippen LogP contribution in [0.2, 0.25) is 0 Å². The highest BCUT2D eigenvalue weighted by Gasteiger charge is 2.21. The molecule has 3 aromatic rings. The second-order valence-electron chi connectivity index (χ2n) is 5.12. The van der Waals surface area contributed by atoms with Crippen LogP contribution in [0.4, 0.5) is 0 Å². The number of ketones is 1. The number of hydrogen-bond donors (Lipinski definition) is 1. The normalized spacial score (nSPS) is 14.5. The van der Waals surface area contributed by atoms with Gasteiger partial charge < -0.3 is 4.98 Å². The van der Waals surface area contributed by atoms with Crippen molar-refractivity contribution in [1.29, 1.82) is 0 Å². The van der Waals surface area contributed by atoms with Crippen LogP contribution in [0.15, 0.2) is 36.5 Å². The molecule has 0 spiro atoms. The van der Waals surface area contributed by atoms with Crippen LogP contribution in [0.5, 0.6) is 0 Å². The van der Waals surface area contributed by atoms with Gasteiger partial charge in [-0.25, -0.2) is 9.97 Å². The first-order chi connectivity index (χ1) is 9.81. The summed E-state index contributed by atoms with van der Waals surface area (Å²) in [6.45, 7) is 0. The Labute approximate surface area is 115 Å². The molecule has 4 nitrogen and oxygen atoms in total. The minimum Gasteiger partial charge on any atom is -0.356 e. The molecule has 1 aliphatic rings. The maximum atomic E-state index is 11.7. The number of rotatable bonds is 1. The zero-order chi connectivity index (χ0) is 13.5. The topological polar surface area (TPSA) is 58.6 Å². The molecule has 0 bridgehead atoms. The molecule has 0 fully saturated rings. The molecule has 0 radical (unpaired) electrons. The van der Waals surface area contributed by atoms with Crippen LogP contribution in [0.3, 0.4) is 0 Å². The molecule has 2 heterocycles. The number of nitrogens with one attached hydrogen (secondary N) is 1. The van der Waals surface area contributed by atoms with Gasteiger partial charge in [0, 0.05) is 29.7 Å². The fourth-order valence-corrected chi connectivity index (χ4v) is 2.76. The highest BCUT2D eigenvalue weighted by atomic mass is 16.1. The standard InChI is InChI=1S/C16H13N3O/c20-11-6-7-13-12(8-11)15-14(18-13)9-17-16(19-15)10-4-2-1-3-5-10/h1-5,9,18H,6-8H2. The lowest BCUT2D eigenvalue weighted by molar-refractivity contribution is -0.118. The Hall–Kier alpha value is -2.49. The van der Waals surface area contributed by atoms with Gasteiger partial charge in [-0.2, -0.15) is 0 Å². The van der Waals surface area contributed by atoms with Gasteiger partial charge in [-0.15, -0.1) is 0 Å². The number of carbonyl (C=O) groups is 1. The van der Waals surface area contributed by atoms with Crippen molar-refractivity contribution in [3.05, 3.63) is 47.8 Å². The predicted octanol–water partition coefficient (Wildman–Crippen LogP) is 2.68. The summed E-state index contributed by atoms with van der Waals surface area (Å²) in [4.78, 5) is 24.1. The van der Waals surface area contributed by atoms with Crippen molar-refractivity contribution < 1.29 is 4.79 Å². The summed E-state index contributed by atoms with van der Waals surface area (Å²) in [6.07, 6.45) is 3.71. The van der Waals surface area contributed by atoms with Gasteiger partial charge in [0.15, 0.2) is 5.82 Å². The summed E-state index contributed by atoms with van der Waals surface area (Å²) < 4.78 is 0. The number of Topliss-reactive ketones (excluding diaryl/α,β-unsaturated/α-hetero) is 1. The molecular weight excluding hydrogens is 250 g/mol. The van der Waals surface area contributed by atoms with Crippen molar-refractivity contribution in [2.75, 3.05) is 0 Å². The fourth-order valence-electron chi connectivity index (χ4n) is 2.76. The van der Waals surface area contributed by atoms with Gasteiger partial charge in [-0.05, 0) is 6.42 Å². The third-order valence-electron chi connectivity index (χ3n) is 3.78. The molecule has 98 valence electrons. The SMILES string of the molecule is O=C1CCc2[nH]c3cnc(-c4ccccc4)nc3c2C1. The number of carbonyl (C=O) groups excluding carboxylic acids is 1. The molecule has 2 aromatic heterocycles. The van der Waals surface area contributed by atoms with E-state index in [0.29, 0.717) is 24.4 Å². The van der Waals surface area contributed by atoms with E-state index >= 15 is 0 Å². The summed E-state index contributed by atoms with van der Waals surface area (Å²) >= 11 is 0. The van der Waals surface area contributed by atoms with Gasteiger partial charge in [0.2, 0.25) is 0 Å². The van der Waals surface area contributed by atoms with E-state index in [-0.39, 0.29) is 0 Å². The first kappa shape index (κ1) is 11.3. The molecule has 0 saturated carbocycles. The highest BCUT2D eigenvalue weighted by molar-refractivity contribution is 5.91. The Morgan fingerprint density at radius 1 is 1.10 bits per heavy atom. The minimum atomic E-state index is 0.290. The molecule has 0 amide bonds. The maximum absolute atomic E-state index is 11.7. The average molecular weight is 263 g/mol. The van der Waals surface area contributed by atoms with E-state index in [1.165, 1.54) is 0 Å². The first-order valence-corrected chi connectivity index (χ1v) is 6.75. The molecule has 0 unspecified atom stereocenters. The lowest BCUT2D eigenvalue weighted by atomic mass is 9.96. The van der Waals surface area contributed by atoms with E-state index in [4.69, 9.17) is 0 Å². The fraction of sp³-hybridized carbons (Fsp3) is 0.188. The van der Waals surface area contributed by atoms with Crippen molar-refractivity contribution in [3.8, 4) is 11.4 Å². The lowest BCUT2D eigenvalue weighted by Crippen LogP contribution is -2.12. The third-order valence-corrected chi connectivity index (χ3v) is 3.78. The molecule has 4 heteroatoms. The van der Waals surface area contributed by atoms with Crippen molar-refractivity contribution in [2.45, 2.75) is 19.3 Å². The van der Waals surface area contributed by atoms with E-state index in [1.807, 2.05) is 36.5 Å². The van der Waals surface area contributed by atoms with Gasteiger partial charge in [0.1, 0.15) is 5.78 Å². The van der Waals surface area contributed by atoms with Crippen LogP contribution in [0, 0.1) is 0 Å². The quantitative estimate of drug-likeness (QED) is 0.734. The van der Waals surface area contributed by atoms with Crippen LogP contribution in [-0.2, 0) is 17.6 Å². The molecule has 0 atom stereocenters. The minimum absolute atomic E-state index is 0.290. The summed E-state index contributed by atoms with van der Waals surface area (Å²) in [5.41, 5.74) is 4.99. The number of aryl methyl sites for hydroxylation is 1. The van der Waals surface area contributed by atoms with Crippen LogP contribution < -0.4 is 0 Å². The van der Waals surface area contributed by atoms with E-state index in [1.54, 1.807) is 0 Å². The van der Waals surface area contributed by atoms with Gasteiger partial charge in [0.05, 0.1) is 17.2 Å². The number of H-pyrrole nitrogens is 1. The molecule has 1 N–H and O–H groups in total. The predicted molar refractivity (Wildman–Crippen MR) is 76.4 cm³/mol. The Morgan fingerprint density at radius 2 is 1.95 bits per heavy atom. The van der Waals surface area contributed by atoms with Crippen LogP contribution >= 0.6 is 0 Å². The summed E-state index contributed by atoms with van der Waals surface area (Å²) in [6, 6.07) is 9.90. The first-order valence-electron chi connectivity index (χ1n) is 6.75. The number of nitrogens with zero attached hydrogens (tertiary/aromatic N) is 2. The smallest absolute Gasteiger partial charge is 0.159 e. The van der Waals surface area contributed by atoms with Crippen molar-refractivity contribution >= 4 is 16.8 Å². The summed E-state index contributed by atoms with van der Waals surface area (Å²) in [5.74, 6) is 0.996. The molecule has 0 saturated heterocycles. The number of aromatic amines is 1. The second kappa shape index (κ2) is 4.27.